The highest BCUT2D eigenvalue weighted by Gasteiger charge is 2.45. The summed E-state index contributed by atoms with van der Waals surface area (Å²) >= 11 is 0. The second-order valence-electron chi connectivity index (χ2n) is 9.79. The van der Waals surface area contributed by atoms with Crippen molar-refractivity contribution in [1.82, 2.24) is 49.2 Å². The number of nitrogens with zero attached hydrogens (tertiary/aromatic N) is 9. The maximum atomic E-state index is 13.0. The molecule has 1 amide bonds. The Labute approximate surface area is 211 Å². The van der Waals surface area contributed by atoms with Crippen LogP contribution in [-0.2, 0) is 7.05 Å². The van der Waals surface area contributed by atoms with Crippen LogP contribution in [0.15, 0.2) is 49.3 Å². The molecule has 2 aliphatic heterocycles. The third-order valence-electron chi connectivity index (χ3n) is 7.58. The first-order valence-corrected chi connectivity index (χ1v) is 12.3. The number of fused-ring (bicyclic) bond motifs is 3. The van der Waals surface area contributed by atoms with E-state index in [2.05, 4.69) is 30.2 Å². The number of imidazole rings is 1. The van der Waals surface area contributed by atoms with Gasteiger partial charge in [-0.2, -0.15) is 10.2 Å². The summed E-state index contributed by atoms with van der Waals surface area (Å²) in [5.41, 5.74) is 11.4. The summed E-state index contributed by atoms with van der Waals surface area (Å²) in [7, 11) is 1.88. The molecular weight excluding hydrogens is 470 g/mol. The number of aryl methyl sites for hydroxylation is 1. The molecule has 12 heteroatoms. The number of H-pyrrole nitrogens is 1. The SMILES string of the molecule is Cn1ccc(-c2ccc(-c3cnc4c(N)nc(C5C[C@H]6CC[C@H](C5)N6C(=O)c5ncn[nH]5)cn34)cn2)n1. The third kappa shape index (κ3) is 3.55. The lowest BCUT2D eigenvalue weighted by atomic mass is 9.88. The van der Waals surface area contributed by atoms with Crippen LogP contribution in [0, 0.1) is 0 Å². The van der Waals surface area contributed by atoms with Gasteiger partial charge in [0.05, 0.1) is 23.3 Å². The molecule has 5 aromatic heterocycles. The Morgan fingerprint density at radius 2 is 1.89 bits per heavy atom. The predicted octanol–water partition coefficient (Wildman–Crippen LogP) is 2.44. The minimum atomic E-state index is -0.0788. The van der Waals surface area contributed by atoms with Crippen molar-refractivity contribution in [3.63, 3.8) is 0 Å². The monoisotopic (exact) mass is 495 g/mol. The van der Waals surface area contributed by atoms with Crippen LogP contribution in [0.1, 0.15) is 47.9 Å². The fourth-order valence-corrected chi connectivity index (χ4v) is 5.87. The predicted molar refractivity (Wildman–Crippen MR) is 134 cm³/mol. The lowest BCUT2D eigenvalue weighted by Crippen LogP contribution is -2.46. The largest absolute Gasteiger partial charge is 0.381 e. The lowest BCUT2D eigenvalue weighted by molar-refractivity contribution is 0.0557. The molecule has 7 heterocycles. The molecule has 2 bridgehead atoms. The van der Waals surface area contributed by atoms with Gasteiger partial charge in [-0.15, -0.1) is 0 Å². The molecule has 2 saturated heterocycles. The molecule has 2 fully saturated rings. The van der Waals surface area contributed by atoms with Crippen molar-refractivity contribution in [2.75, 3.05) is 5.73 Å². The summed E-state index contributed by atoms with van der Waals surface area (Å²) in [6, 6.07) is 6.20. The van der Waals surface area contributed by atoms with E-state index in [0.29, 0.717) is 17.3 Å². The Morgan fingerprint density at radius 3 is 2.57 bits per heavy atom. The maximum absolute atomic E-state index is 13.0. The zero-order chi connectivity index (χ0) is 25.1. The fourth-order valence-electron chi connectivity index (χ4n) is 5.87. The number of amides is 1. The van der Waals surface area contributed by atoms with Crippen LogP contribution in [-0.4, -0.2) is 67.2 Å². The van der Waals surface area contributed by atoms with E-state index in [1.165, 1.54) is 6.33 Å². The molecule has 7 rings (SSSR count). The molecule has 0 radical (unpaired) electrons. The van der Waals surface area contributed by atoms with Crippen molar-refractivity contribution >= 4 is 17.4 Å². The molecule has 0 spiro atoms. The van der Waals surface area contributed by atoms with Gasteiger partial charge in [0, 0.05) is 49.2 Å². The zero-order valence-electron chi connectivity index (χ0n) is 20.2. The van der Waals surface area contributed by atoms with Gasteiger partial charge in [-0.25, -0.2) is 15.0 Å². The van der Waals surface area contributed by atoms with Crippen molar-refractivity contribution in [2.24, 2.45) is 7.05 Å². The van der Waals surface area contributed by atoms with Crippen molar-refractivity contribution < 1.29 is 4.79 Å². The van der Waals surface area contributed by atoms with Crippen LogP contribution >= 0.6 is 0 Å². The molecule has 0 unspecified atom stereocenters. The van der Waals surface area contributed by atoms with Crippen LogP contribution in [0.5, 0.6) is 0 Å². The van der Waals surface area contributed by atoms with E-state index < -0.39 is 0 Å². The molecule has 5 aromatic rings. The highest BCUT2D eigenvalue weighted by molar-refractivity contribution is 5.91. The summed E-state index contributed by atoms with van der Waals surface area (Å²) in [6.45, 7) is 0. The molecule has 2 atom stereocenters. The number of anilines is 1. The smallest absolute Gasteiger partial charge is 0.291 e. The van der Waals surface area contributed by atoms with E-state index in [-0.39, 0.29) is 23.9 Å². The van der Waals surface area contributed by atoms with Crippen LogP contribution in [0.3, 0.4) is 0 Å². The van der Waals surface area contributed by atoms with Gasteiger partial charge in [0.15, 0.2) is 11.5 Å². The van der Waals surface area contributed by atoms with Crippen molar-refractivity contribution in [3.05, 3.63) is 60.8 Å². The van der Waals surface area contributed by atoms with Gasteiger partial charge >= 0.3 is 0 Å². The summed E-state index contributed by atoms with van der Waals surface area (Å²) in [6.07, 6.45) is 12.6. The molecule has 2 aliphatic rings. The number of nitrogens with two attached hydrogens (primary N) is 1. The number of hydrogen-bond donors (Lipinski definition) is 2. The van der Waals surface area contributed by atoms with E-state index in [1.54, 1.807) is 10.9 Å². The van der Waals surface area contributed by atoms with Crippen LogP contribution in [0.2, 0.25) is 0 Å². The zero-order valence-corrected chi connectivity index (χ0v) is 20.2. The van der Waals surface area contributed by atoms with Gasteiger partial charge in [0.1, 0.15) is 12.0 Å². The number of aromatic amines is 1. The Hall–Kier alpha value is -4.61. The number of piperidine rings is 1. The highest BCUT2D eigenvalue weighted by atomic mass is 16.2. The topological polar surface area (TPSA) is 149 Å². The van der Waals surface area contributed by atoms with E-state index in [9.17, 15) is 4.79 Å². The summed E-state index contributed by atoms with van der Waals surface area (Å²) in [5, 5.41) is 11.0. The Bertz CT molecular complexity index is 1590. The number of nitrogens with one attached hydrogen (secondary N) is 1. The number of carbonyl (C=O) groups excluding carboxylic acids is 1. The van der Waals surface area contributed by atoms with E-state index >= 15 is 0 Å². The van der Waals surface area contributed by atoms with Crippen LogP contribution in [0.4, 0.5) is 5.82 Å². The van der Waals surface area contributed by atoms with Crippen molar-refractivity contribution in [1.29, 1.82) is 0 Å². The molecular formula is C25H25N11O. The number of carbonyl (C=O) groups is 1. The first-order chi connectivity index (χ1) is 18.0. The minimum Gasteiger partial charge on any atom is -0.381 e. The average molecular weight is 496 g/mol. The molecule has 37 heavy (non-hydrogen) atoms. The Kier molecular flexibility index (Phi) is 4.81. The van der Waals surface area contributed by atoms with E-state index in [0.717, 1.165) is 54.0 Å². The maximum Gasteiger partial charge on any atom is 0.291 e. The quantitative estimate of drug-likeness (QED) is 0.386. The van der Waals surface area contributed by atoms with Crippen LogP contribution < -0.4 is 5.73 Å². The van der Waals surface area contributed by atoms with Gasteiger partial charge in [0.2, 0.25) is 5.82 Å². The van der Waals surface area contributed by atoms with Gasteiger partial charge in [-0.3, -0.25) is 24.0 Å². The van der Waals surface area contributed by atoms with Crippen LogP contribution in [0.25, 0.3) is 28.3 Å². The molecule has 0 aliphatic carbocycles. The number of hydrogen-bond acceptors (Lipinski definition) is 8. The second-order valence-corrected chi connectivity index (χ2v) is 9.79. The highest BCUT2D eigenvalue weighted by Crippen LogP contribution is 2.43. The molecule has 186 valence electrons. The number of nitrogen functional groups attached to an aromatic ring is 1. The Balaban J connectivity index is 1.19. The first-order valence-electron chi connectivity index (χ1n) is 12.3. The van der Waals surface area contributed by atoms with Gasteiger partial charge < -0.3 is 10.6 Å². The molecule has 12 nitrogen and oxygen atoms in total. The minimum absolute atomic E-state index is 0.0788. The van der Waals surface area contributed by atoms with Crippen molar-refractivity contribution in [2.45, 2.75) is 43.7 Å². The summed E-state index contributed by atoms with van der Waals surface area (Å²) in [4.78, 5) is 32.9. The van der Waals surface area contributed by atoms with Gasteiger partial charge in [0.25, 0.3) is 5.91 Å². The van der Waals surface area contributed by atoms with Gasteiger partial charge in [-0.05, 0) is 43.9 Å². The fraction of sp³-hybridized carbons (Fsp3) is 0.320. The number of aromatic nitrogens is 9. The normalized spacial score (nSPS) is 21.1. The third-order valence-corrected chi connectivity index (χ3v) is 7.58. The first kappa shape index (κ1) is 21.7. The van der Waals surface area contributed by atoms with E-state index in [4.69, 9.17) is 10.7 Å². The lowest BCUT2D eigenvalue weighted by Gasteiger charge is -2.38. The summed E-state index contributed by atoms with van der Waals surface area (Å²) in [5.74, 6) is 0.812. The molecule has 0 saturated carbocycles. The molecule has 0 aromatic carbocycles. The second kappa shape index (κ2) is 8.22. The standard InChI is InChI=1S/C25H25N11O/c1-34-7-6-19(33-34)18-5-2-14(10-27-18)21-11-28-24-22(26)31-20(12-35(21)24)15-8-16-3-4-17(9-15)36(16)25(37)23-29-13-30-32-23/h2,5-7,10-13,15-17H,3-4,8-9H2,1H3,(H2,26,31)(H,29,30,32)/t16-,17-/m1/s1. The molecule has 3 N–H and O–H groups in total. The number of rotatable bonds is 4. The van der Waals surface area contributed by atoms with E-state index in [1.807, 2.05) is 53.1 Å². The average Bonchev–Trinajstić information content (AvgIpc) is 3.71. The Morgan fingerprint density at radius 1 is 1.05 bits per heavy atom. The van der Waals surface area contributed by atoms with Gasteiger partial charge in [-0.1, -0.05) is 0 Å². The number of pyridine rings is 1. The summed E-state index contributed by atoms with van der Waals surface area (Å²) < 4.78 is 3.76. The van der Waals surface area contributed by atoms with Crippen molar-refractivity contribution in [3.8, 4) is 22.6 Å².